The number of rotatable bonds is 2. The molecule has 2 aromatic rings. The second-order valence-corrected chi connectivity index (χ2v) is 7.49. The standard InChI is InChI=1S/C21H19NO7/c1-8(23)21(22)6-10-13(11(24)7-21)19(27)15-16(18(10)26)20(28)14-9(17(15)25)4-3-5-12(14)29-2/h3-5,11,24,26-27H,6-7,22H2,1-2H3/t11-,21+/m1/s1. The van der Waals surface area contributed by atoms with Gasteiger partial charge in [-0.15, -0.1) is 0 Å². The Morgan fingerprint density at radius 3 is 2.41 bits per heavy atom. The minimum atomic E-state index is -1.47. The first-order valence-electron chi connectivity index (χ1n) is 8.97. The van der Waals surface area contributed by atoms with Gasteiger partial charge in [0, 0.05) is 29.5 Å². The number of fused-ring (bicyclic) bond motifs is 3. The lowest BCUT2D eigenvalue weighted by Crippen LogP contribution is -2.52. The number of ketones is 3. The highest BCUT2D eigenvalue weighted by molar-refractivity contribution is 6.31. The van der Waals surface area contributed by atoms with Gasteiger partial charge in [-0.2, -0.15) is 0 Å². The third kappa shape index (κ3) is 2.43. The summed E-state index contributed by atoms with van der Waals surface area (Å²) >= 11 is 0. The van der Waals surface area contributed by atoms with Crippen molar-refractivity contribution < 1.29 is 34.4 Å². The Balaban J connectivity index is 2.04. The van der Waals surface area contributed by atoms with E-state index < -0.39 is 40.5 Å². The quantitative estimate of drug-likeness (QED) is 0.471. The van der Waals surface area contributed by atoms with Gasteiger partial charge in [-0.05, 0) is 13.0 Å². The maximum atomic E-state index is 13.2. The smallest absolute Gasteiger partial charge is 0.202 e. The van der Waals surface area contributed by atoms with Crippen molar-refractivity contribution in [2.24, 2.45) is 5.73 Å². The number of aliphatic hydroxyl groups is 1. The highest BCUT2D eigenvalue weighted by Gasteiger charge is 2.46. The number of aliphatic hydroxyl groups excluding tert-OH is 1. The zero-order valence-electron chi connectivity index (χ0n) is 15.8. The van der Waals surface area contributed by atoms with E-state index in [1.165, 1.54) is 32.2 Å². The van der Waals surface area contributed by atoms with E-state index in [0.717, 1.165) is 0 Å². The molecule has 0 bridgehead atoms. The summed E-state index contributed by atoms with van der Waals surface area (Å²) in [7, 11) is 1.35. The number of ether oxygens (including phenoxy) is 1. The molecule has 150 valence electrons. The largest absolute Gasteiger partial charge is 0.507 e. The van der Waals surface area contributed by atoms with Crippen molar-refractivity contribution in [3.8, 4) is 17.2 Å². The lowest BCUT2D eigenvalue weighted by Gasteiger charge is -2.37. The number of phenols is 2. The summed E-state index contributed by atoms with van der Waals surface area (Å²) in [4.78, 5) is 38.3. The number of nitrogens with two attached hydrogens (primary N) is 1. The van der Waals surface area contributed by atoms with Crippen molar-refractivity contribution in [2.45, 2.75) is 31.4 Å². The summed E-state index contributed by atoms with van der Waals surface area (Å²) in [5.74, 6) is -2.79. The zero-order chi connectivity index (χ0) is 21.2. The van der Waals surface area contributed by atoms with Gasteiger partial charge in [-0.3, -0.25) is 14.4 Å². The van der Waals surface area contributed by atoms with Gasteiger partial charge >= 0.3 is 0 Å². The topological polar surface area (TPSA) is 147 Å². The molecule has 4 rings (SSSR count). The van der Waals surface area contributed by atoms with Gasteiger partial charge in [0.2, 0.25) is 5.78 Å². The number of hydrogen-bond acceptors (Lipinski definition) is 8. The van der Waals surface area contributed by atoms with Gasteiger partial charge in [0.1, 0.15) is 23.0 Å². The van der Waals surface area contributed by atoms with Crippen LogP contribution in [0.5, 0.6) is 17.2 Å². The van der Waals surface area contributed by atoms with Crippen LogP contribution in [0.15, 0.2) is 18.2 Å². The third-order valence-electron chi connectivity index (χ3n) is 5.85. The Bertz CT molecular complexity index is 1120. The second kappa shape index (κ2) is 6.13. The highest BCUT2D eigenvalue weighted by atomic mass is 16.5. The zero-order valence-corrected chi connectivity index (χ0v) is 15.8. The molecule has 0 amide bonds. The van der Waals surface area contributed by atoms with Gasteiger partial charge < -0.3 is 25.8 Å². The van der Waals surface area contributed by atoms with Crippen molar-refractivity contribution in [1.82, 2.24) is 0 Å². The number of hydrogen-bond donors (Lipinski definition) is 4. The number of carbonyl (C=O) groups is 3. The number of phenolic OH excluding ortho intramolecular Hbond substituents is 2. The van der Waals surface area contributed by atoms with Gasteiger partial charge in [0.15, 0.2) is 5.78 Å². The fraction of sp³-hybridized carbons (Fsp3) is 0.286. The van der Waals surface area contributed by atoms with Gasteiger partial charge in [0.25, 0.3) is 0 Å². The van der Waals surface area contributed by atoms with Crippen LogP contribution in [0.25, 0.3) is 0 Å². The molecule has 0 radical (unpaired) electrons. The molecule has 0 aliphatic heterocycles. The SMILES string of the molecule is COc1cccc2c1C(=O)c1c(O)c3c(c(O)c1C2=O)[C@H](O)C[C@](N)(C(C)=O)C3. The van der Waals surface area contributed by atoms with Crippen molar-refractivity contribution >= 4 is 17.3 Å². The minimum absolute atomic E-state index is 0.0165. The summed E-state index contributed by atoms with van der Waals surface area (Å²) in [6.45, 7) is 1.27. The first-order valence-corrected chi connectivity index (χ1v) is 8.97. The van der Waals surface area contributed by atoms with Crippen LogP contribution in [0.4, 0.5) is 0 Å². The van der Waals surface area contributed by atoms with Crippen LogP contribution in [0.1, 0.15) is 62.4 Å². The van der Waals surface area contributed by atoms with E-state index in [1.807, 2.05) is 0 Å². The van der Waals surface area contributed by atoms with Gasteiger partial charge in [-0.25, -0.2) is 0 Å². The van der Waals surface area contributed by atoms with Crippen LogP contribution in [0.3, 0.4) is 0 Å². The molecule has 2 aromatic carbocycles. The lowest BCUT2D eigenvalue weighted by molar-refractivity contribution is -0.123. The van der Waals surface area contributed by atoms with Gasteiger partial charge in [-0.1, -0.05) is 12.1 Å². The molecular formula is C21H19NO7. The van der Waals surface area contributed by atoms with Crippen LogP contribution in [-0.4, -0.2) is 45.3 Å². The first-order chi connectivity index (χ1) is 13.6. The number of benzene rings is 2. The van der Waals surface area contributed by atoms with Crippen molar-refractivity contribution in [1.29, 1.82) is 0 Å². The molecule has 0 fully saturated rings. The van der Waals surface area contributed by atoms with Crippen LogP contribution in [0.2, 0.25) is 0 Å². The summed E-state index contributed by atoms with van der Waals surface area (Å²) < 4.78 is 5.19. The molecule has 0 unspecified atom stereocenters. The van der Waals surface area contributed by atoms with E-state index in [2.05, 4.69) is 0 Å². The molecule has 2 aliphatic carbocycles. The fourth-order valence-corrected chi connectivity index (χ4v) is 4.26. The highest BCUT2D eigenvalue weighted by Crippen LogP contribution is 2.50. The third-order valence-corrected chi connectivity index (χ3v) is 5.85. The predicted molar refractivity (Wildman–Crippen MR) is 101 cm³/mol. The maximum absolute atomic E-state index is 13.2. The molecular weight excluding hydrogens is 378 g/mol. The molecule has 0 saturated heterocycles. The second-order valence-electron chi connectivity index (χ2n) is 7.49. The van der Waals surface area contributed by atoms with Crippen molar-refractivity contribution in [2.75, 3.05) is 7.11 Å². The summed E-state index contributed by atoms with van der Waals surface area (Å²) in [6, 6.07) is 4.47. The molecule has 0 spiro atoms. The molecule has 2 atom stereocenters. The summed E-state index contributed by atoms with van der Waals surface area (Å²) in [5, 5.41) is 32.3. The van der Waals surface area contributed by atoms with Crippen LogP contribution >= 0.6 is 0 Å². The van der Waals surface area contributed by atoms with Crippen LogP contribution < -0.4 is 10.5 Å². The molecule has 8 nitrogen and oxygen atoms in total. The number of Topliss-reactive ketones (excluding diaryl/α,β-unsaturated/α-hetero) is 1. The Hall–Kier alpha value is -3.23. The molecule has 5 N–H and O–H groups in total. The lowest BCUT2D eigenvalue weighted by atomic mass is 9.71. The predicted octanol–water partition coefficient (Wildman–Crippen LogP) is 1.15. The summed E-state index contributed by atoms with van der Waals surface area (Å²) in [6.07, 6.45) is -1.77. The molecule has 29 heavy (non-hydrogen) atoms. The molecule has 2 aliphatic rings. The van der Waals surface area contributed by atoms with Crippen LogP contribution in [0, 0.1) is 0 Å². The van der Waals surface area contributed by atoms with Crippen LogP contribution in [-0.2, 0) is 11.2 Å². The van der Waals surface area contributed by atoms with Crippen molar-refractivity contribution in [3.05, 3.63) is 51.6 Å². The number of aromatic hydroxyl groups is 2. The Morgan fingerprint density at radius 2 is 1.79 bits per heavy atom. The van der Waals surface area contributed by atoms with E-state index in [0.29, 0.717) is 0 Å². The molecule has 8 heteroatoms. The van der Waals surface area contributed by atoms with E-state index in [9.17, 15) is 29.7 Å². The fourth-order valence-electron chi connectivity index (χ4n) is 4.26. The van der Waals surface area contributed by atoms with E-state index in [-0.39, 0.29) is 52.0 Å². The average molecular weight is 397 g/mol. The van der Waals surface area contributed by atoms with Crippen molar-refractivity contribution in [3.63, 3.8) is 0 Å². The maximum Gasteiger partial charge on any atom is 0.202 e. The molecule has 0 aromatic heterocycles. The average Bonchev–Trinajstić information content (AvgIpc) is 2.67. The Morgan fingerprint density at radius 1 is 1.14 bits per heavy atom. The normalized spacial score (nSPS) is 22.6. The first kappa shape index (κ1) is 19.1. The van der Waals surface area contributed by atoms with Gasteiger partial charge in [0.05, 0.1) is 35.4 Å². The van der Waals surface area contributed by atoms with E-state index in [4.69, 9.17) is 10.5 Å². The Kier molecular flexibility index (Phi) is 4.04. The Labute approximate surface area is 165 Å². The summed E-state index contributed by atoms with van der Waals surface area (Å²) in [5.41, 5.74) is 3.78. The molecule has 0 heterocycles. The monoisotopic (exact) mass is 397 g/mol. The van der Waals surface area contributed by atoms with E-state index >= 15 is 0 Å². The van der Waals surface area contributed by atoms with E-state index in [1.54, 1.807) is 0 Å². The number of carbonyl (C=O) groups excluding carboxylic acids is 3. The minimum Gasteiger partial charge on any atom is -0.507 e. The number of methoxy groups -OCH3 is 1. The molecule has 0 saturated carbocycles.